The molecule has 1 atom stereocenters. The van der Waals surface area contributed by atoms with Gasteiger partial charge in [0, 0.05) is 5.56 Å². The molecule has 3 aromatic heterocycles. The minimum absolute atomic E-state index is 0.00418. The molecule has 14 heteroatoms. The molecule has 1 unspecified atom stereocenters. The van der Waals surface area contributed by atoms with Crippen LogP contribution in [0.5, 0.6) is 0 Å². The first-order valence-electron chi connectivity index (χ1n) is 11.3. The Kier molecular flexibility index (Phi) is 6.01. The van der Waals surface area contributed by atoms with Crippen LogP contribution in [0.2, 0.25) is 0 Å². The molecule has 4 heterocycles. The molecule has 3 N–H and O–H groups in total. The first-order valence-corrected chi connectivity index (χ1v) is 11.3. The molecule has 1 amide bonds. The highest BCUT2D eigenvalue weighted by atomic mass is 19.4. The van der Waals surface area contributed by atoms with Crippen LogP contribution in [0.25, 0.3) is 22.6 Å². The second-order valence-corrected chi connectivity index (χ2v) is 9.26. The Morgan fingerprint density at radius 2 is 1.92 bits per heavy atom. The number of benzene rings is 1. The molecule has 0 saturated carbocycles. The fraction of sp³-hybridized carbons (Fsp3) is 0.292. The molecule has 0 fully saturated rings. The van der Waals surface area contributed by atoms with Crippen molar-refractivity contribution in [3.63, 3.8) is 0 Å². The van der Waals surface area contributed by atoms with Crippen molar-refractivity contribution in [2.24, 2.45) is 0 Å². The van der Waals surface area contributed by atoms with E-state index >= 15 is 0 Å². The summed E-state index contributed by atoms with van der Waals surface area (Å²) in [5, 5.41) is 19.1. The minimum atomic E-state index is -4.89. The van der Waals surface area contributed by atoms with Crippen LogP contribution in [-0.2, 0) is 16.8 Å². The lowest BCUT2D eigenvalue weighted by Gasteiger charge is -2.21. The third-order valence-electron chi connectivity index (χ3n) is 6.22. The van der Waals surface area contributed by atoms with Gasteiger partial charge in [0.05, 0.1) is 35.7 Å². The van der Waals surface area contributed by atoms with Crippen LogP contribution in [0.3, 0.4) is 0 Å². The molecule has 38 heavy (non-hydrogen) atoms. The predicted molar refractivity (Wildman–Crippen MR) is 126 cm³/mol. The number of carbonyl (C=O) groups excluding carboxylic acids is 1. The third kappa shape index (κ3) is 4.40. The maximum absolute atomic E-state index is 14.3. The monoisotopic (exact) mass is 533 g/mol. The molecule has 4 aromatic rings. The molecule has 0 saturated heterocycles. The smallest absolute Gasteiger partial charge is 0.382 e. The number of hydrogen-bond acceptors (Lipinski definition) is 7. The Balaban J connectivity index is 1.65. The quantitative estimate of drug-likeness (QED) is 0.323. The second-order valence-electron chi connectivity index (χ2n) is 9.26. The summed E-state index contributed by atoms with van der Waals surface area (Å²) >= 11 is 0. The van der Waals surface area contributed by atoms with Gasteiger partial charge in [-0.3, -0.25) is 4.79 Å². The van der Waals surface area contributed by atoms with Crippen LogP contribution in [0.1, 0.15) is 25.0 Å². The Morgan fingerprint density at radius 3 is 2.63 bits per heavy atom. The van der Waals surface area contributed by atoms with Crippen molar-refractivity contribution in [2.75, 3.05) is 17.2 Å². The van der Waals surface area contributed by atoms with Crippen molar-refractivity contribution in [1.29, 1.82) is 0 Å². The lowest BCUT2D eigenvalue weighted by atomic mass is 9.87. The normalized spacial score (nSPS) is 15.4. The summed E-state index contributed by atoms with van der Waals surface area (Å²) in [4.78, 5) is 25.3. The predicted octanol–water partition coefficient (Wildman–Crippen LogP) is 3.78. The average molecular weight is 533 g/mol. The molecule has 0 radical (unpaired) electrons. The minimum Gasteiger partial charge on any atom is -0.382 e. The zero-order valence-electron chi connectivity index (χ0n) is 19.9. The first-order chi connectivity index (χ1) is 17.9. The van der Waals surface area contributed by atoms with Crippen molar-refractivity contribution >= 4 is 28.6 Å². The largest absolute Gasteiger partial charge is 0.416 e. The molecule has 1 aromatic carbocycles. The molecule has 0 spiro atoms. The molecule has 0 bridgehead atoms. The highest BCUT2D eigenvalue weighted by Crippen LogP contribution is 2.42. The number of alkyl halides is 3. The van der Waals surface area contributed by atoms with Crippen molar-refractivity contribution in [3.8, 4) is 11.5 Å². The van der Waals surface area contributed by atoms with Gasteiger partial charge in [-0.05, 0) is 26.0 Å². The van der Waals surface area contributed by atoms with Crippen molar-refractivity contribution < 1.29 is 31.9 Å². The SMILES string of the molecule is CC1(C)C(=O)Nc2nc(-c3nn(Cc4ccccc4F)c4ncc(F)cc34)nc(NCC(O)C(F)(F)F)c21. The van der Waals surface area contributed by atoms with Crippen LogP contribution in [0.4, 0.5) is 33.6 Å². The number of carbonyl (C=O) groups is 1. The van der Waals surface area contributed by atoms with Gasteiger partial charge in [0.2, 0.25) is 5.91 Å². The molecule has 1 aliphatic heterocycles. The molecular weight excluding hydrogens is 513 g/mol. The van der Waals surface area contributed by atoms with Gasteiger partial charge in [-0.1, -0.05) is 18.2 Å². The number of halogens is 5. The van der Waals surface area contributed by atoms with Crippen molar-refractivity contribution in [1.82, 2.24) is 24.7 Å². The van der Waals surface area contributed by atoms with Crippen LogP contribution in [0, 0.1) is 11.6 Å². The fourth-order valence-corrected chi connectivity index (χ4v) is 4.16. The van der Waals surface area contributed by atoms with Gasteiger partial charge in [-0.25, -0.2) is 28.4 Å². The number of pyridine rings is 1. The Labute approximate surface area is 211 Å². The van der Waals surface area contributed by atoms with E-state index in [2.05, 4.69) is 30.7 Å². The highest BCUT2D eigenvalue weighted by Gasteiger charge is 2.44. The summed E-state index contributed by atoms with van der Waals surface area (Å²) in [5.41, 5.74) is -0.550. The Bertz CT molecular complexity index is 1570. The average Bonchev–Trinajstić information content (AvgIpc) is 3.31. The molecule has 5 rings (SSSR count). The van der Waals surface area contributed by atoms with Crippen LogP contribution < -0.4 is 10.6 Å². The number of hydrogen-bond donors (Lipinski definition) is 3. The number of anilines is 2. The lowest BCUT2D eigenvalue weighted by Crippen LogP contribution is -2.36. The molecular formula is C24H20F5N7O2. The van der Waals surface area contributed by atoms with Crippen LogP contribution in [-0.4, -0.2) is 54.6 Å². The maximum atomic E-state index is 14.3. The van der Waals surface area contributed by atoms with Gasteiger partial charge in [0.1, 0.15) is 29.0 Å². The maximum Gasteiger partial charge on any atom is 0.416 e. The number of amides is 1. The Morgan fingerprint density at radius 1 is 1.18 bits per heavy atom. The fourth-order valence-electron chi connectivity index (χ4n) is 4.16. The summed E-state index contributed by atoms with van der Waals surface area (Å²) in [7, 11) is 0. The first kappa shape index (κ1) is 25.4. The zero-order valence-corrected chi connectivity index (χ0v) is 19.9. The van der Waals surface area contributed by atoms with Gasteiger partial charge in [-0.15, -0.1) is 0 Å². The third-order valence-corrected chi connectivity index (χ3v) is 6.22. The van der Waals surface area contributed by atoms with Crippen LogP contribution >= 0.6 is 0 Å². The molecule has 198 valence electrons. The van der Waals surface area contributed by atoms with E-state index in [9.17, 15) is 31.9 Å². The van der Waals surface area contributed by atoms with E-state index in [1.165, 1.54) is 16.8 Å². The van der Waals surface area contributed by atoms with E-state index in [-0.39, 0.29) is 51.9 Å². The zero-order chi connectivity index (χ0) is 27.4. The summed E-state index contributed by atoms with van der Waals surface area (Å²) < 4.78 is 68.7. The van der Waals surface area contributed by atoms with Crippen molar-refractivity contribution in [3.05, 3.63) is 59.3 Å². The number of aliphatic hydroxyl groups excluding tert-OH is 1. The van der Waals surface area contributed by atoms with E-state index in [1.807, 2.05) is 0 Å². The van der Waals surface area contributed by atoms with Gasteiger partial charge in [0.15, 0.2) is 17.6 Å². The van der Waals surface area contributed by atoms with E-state index in [0.29, 0.717) is 0 Å². The summed E-state index contributed by atoms with van der Waals surface area (Å²) in [6, 6.07) is 7.11. The standard InChI is InChI=1S/C24H20F5N7O2/c1-23(2)16-18(30-9-15(37)24(27,28)29)32-20(33-19(16)34-22(23)38)17-13-7-12(25)8-31-21(13)36(35-17)10-11-5-3-4-6-14(11)26/h3-8,15,37H,9-10H2,1-2H3,(H2,30,32,33,34,38). The topological polar surface area (TPSA) is 118 Å². The highest BCUT2D eigenvalue weighted by molar-refractivity contribution is 6.06. The number of nitrogens with zero attached hydrogens (tertiary/aromatic N) is 5. The summed E-state index contributed by atoms with van der Waals surface area (Å²) in [6.07, 6.45) is -6.63. The number of aromatic nitrogens is 5. The van der Waals surface area contributed by atoms with E-state index < -0.39 is 41.8 Å². The van der Waals surface area contributed by atoms with Crippen molar-refractivity contribution in [2.45, 2.75) is 38.1 Å². The molecule has 0 aliphatic carbocycles. The van der Waals surface area contributed by atoms with Gasteiger partial charge in [-0.2, -0.15) is 18.3 Å². The molecule has 1 aliphatic rings. The van der Waals surface area contributed by atoms with Crippen LogP contribution in [0.15, 0.2) is 36.5 Å². The van der Waals surface area contributed by atoms with Gasteiger partial charge in [0.25, 0.3) is 0 Å². The van der Waals surface area contributed by atoms with Gasteiger partial charge >= 0.3 is 6.18 Å². The molecule has 9 nitrogen and oxygen atoms in total. The van der Waals surface area contributed by atoms with E-state index in [4.69, 9.17) is 0 Å². The second kappa shape index (κ2) is 8.97. The lowest BCUT2D eigenvalue weighted by molar-refractivity contribution is -0.198. The van der Waals surface area contributed by atoms with E-state index in [0.717, 1.165) is 12.3 Å². The number of aliphatic hydroxyl groups is 1. The summed E-state index contributed by atoms with van der Waals surface area (Å²) in [5.74, 6) is -1.94. The number of fused-ring (bicyclic) bond motifs is 2. The summed E-state index contributed by atoms with van der Waals surface area (Å²) in [6.45, 7) is 2.06. The number of nitrogens with one attached hydrogen (secondary N) is 2. The van der Waals surface area contributed by atoms with E-state index in [1.54, 1.807) is 26.0 Å². The Hall–Kier alpha value is -4.20. The number of rotatable bonds is 6. The van der Waals surface area contributed by atoms with Gasteiger partial charge < -0.3 is 15.7 Å².